The Morgan fingerprint density at radius 2 is 1.71 bits per heavy atom. The van der Waals surface area contributed by atoms with Crippen molar-refractivity contribution in [1.29, 1.82) is 0 Å². The van der Waals surface area contributed by atoms with E-state index in [0.717, 1.165) is 13.1 Å². The highest BCUT2D eigenvalue weighted by atomic mass is 35.5. The van der Waals surface area contributed by atoms with Crippen LogP contribution in [0, 0.1) is 0 Å². The number of piperazine rings is 1. The van der Waals surface area contributed by atoms with Gasteiger partial charge in [0.2, 0.25) is 5.91 Å². The van der Waals surface area contributed by atoms with Gasteiger partial charge in [-0.05, 0) is 31.2 Å². The highest BCUT2D eigenvalue weighted by Gasteiger charge is 2.23. The Morgan fingerprint density at radius 1 is 1.03 bits per heavy atom. The molecule has 1 atom stereocenters. The normalized spacial score (nSPS) is 14.7. The van der Waals surface area contributed by atoms with Crippen LogP contribution in [0.4, 0.5) is 5.69 Å². The Labute approximate surface area is 208 Å². The van der Waals surface area contributed by atoms with Gasteiger partial charge in [0.05, 0.1) is 22.4 Å². The maximum absolute atomic E-state index is 12.8. The highest BCUT2D eigenvalue weighted by molar-refractivity contribution is 7.99. The van der Waals surface area contributed by atoms with Gasteiger partial charge in [-0.1, -0.05) is 53.7 Å². The van der Waals surface area contributed by atoms with Gasteiger partial charge in [-0.15, -0.1) is 10.2 Å². The largest absolute Gasteiger partial charge is 0.368 e. The third-order valence-electron chi connectivity index (χ3n) is 5.80. The number of nitrogens with one attached hydrogen (secondary N) is 1. The summed E-state index contributed by atoms with van der Waals surface area (Å²) in [4.78, 5) is 29.5. The number of benzene rings is 2. The van der Waals surface area contributed by atoms with Crippen LogP contribution >= 0.6 is 23.4 Å². The van der Waals surface area contributed by atoms with Crippen molar-refractivity contribution in [2.75, 3.05) is 36.8 Å². The molecule has 1 fully saturated rings. The van der Waals surface area contributed by atoms with E-state index in [0.29, 0.717) is 34.7 Å². The van der Waals surface area contributed by atoms with E-state index < -0.39 is 0 Å². The van der Waals surface area contributed by atoms with E-state index >= 15 is 0 Å². The fourth-order valence-electron chi connectivity index (χ4n) is 3.88. The lowest BCUT2D eigenvalue weighted by atomic mass is 10.2. The van der Waals surface area contributed by atoms with Crippen molar-refractivity contribution in [3.8, 4) is 0 Å². The molecule has 2 aromatic carbocycles. The van der Waals surface area contributed by atoms with E-state index in [9.17, 15) is 9.59 Å². The molecule has 2 amide bonds. The molecule has 1 aromatic heterocycles. The van der Waals surface area contributed by atoms with Gasteiger partial charge in [-0.2, -0.15) is 0 Å². The van der Waals surface area contributed by atoms with Crippen molar-refractivity contribution in [2.24, 2.45) is 7.05 Å². The molecule has 0 bridgehead atoms. The number of hydrogen-bond donors (Lipinski definition) is 1. The first-order valence-electron chi connectivity index (χ1n) is 11.1. The number of para-hydroxylation sites is 1. The van der Waals surface area contributed by atoms with Gasteiger partial charge >= 0.3 is 0 Å². The van der Waals surface area contributed by atoms with Gasteiger partial charge in [0, 0.05) is 38.9 Å². The minimum Gasteiger partial charge on any atom is -0.368 e. The van der Waals surface area contributed by atoms with Crippen molar-refractivity contribution in [3.63, 3.8) is 0 Å². The zero-order valence-electron chi connectivity index (χ0n) is 19.1. The van der Waals surface area contributed by atoms with Crippen LogP contribution in [0.5, 0.6) is 0 Å². The first-order valence-corrected chi connectivity index (χ1v) is 12.5. The number of amides is 2. The summed E-state index contributed by atoms with van der Waals surface area (Å²) in [5.74, 6) is 0.701. The molecule has 0 radical (unpaired) electrons. The number of rotatable bonds is 7. The van der Waals surface area contributed by atoms with Crippen LogP contribution in [0.3, 0.4) is 0 Å². The number of hydrogen-bond acceptors (Lipinski definition) is 6. The molecule has 1 saturated heterocycles. The summed E-state index contributed by atoms with van der Waals surface area (Å²) in [5.41, 5.74) is 1.59. The van der Waals surface area contributed by atoms with Crippen LogP contribution in [0.2, 0.25) is 5.02 Å². The fourth-order valence-corrected chi connectivity index (χ4v) is 4.93. The monoisotopic (exact) mass is 498 g/mol. The van der Waals surface area contributed by atoms with Gasteiger partial charge in [-0.25, -0.2) is 0 Å². The van der Waals surface area contributed by atoms with Gasteiger partial charge in [0.1, 0.15) is 0 Å². The van der Waals surface area contributed by atoms with Gasteiger partial charge in [0.15, 0.2) is 11.0 Å². The Morgan fingerprint density at radius 3 is 2.41 bits per heavy atom. The van der Waals surface area contributed by atoms with E-state index in [-0.39, 0.29) is 23.6 Å². The molecule has 10 heteroatoms. The van der Waals surface area contributed by atoms with Crippen molar-refractivity contribution in [3.05, 3.63) is 71.0 Å². The van der Waals surface area contributed by atoms with E-state index in [1.54, 1.807) is 24.3 Å². The lowest BCUT2D eigenvalue weighted by Crippen LogP contribution is -2.49. The van der Waals surface area contributed by atoms with Crippen molar-refractivity contribution >= 4 is 40.9 Å². The Balaban J connectivity index is 1.29. The second-order valence-corrected chi connectivity index (χ2v) is 9.42. The molecule has 178 valence electrons. The fraction of sp³-hybridized carbons (Fsp3) is 0.333. The molecule has 1 N–H and O–H groups in total. The molecule has 34 heavy (non-hydrogen) atoms. The molecule has 0 spiro atoms. The van der Waals surface area contributed by atoms with E-state index in [4.69, 9.17) is 11.6 Å². The maximum atomic E-state index is 12.8. The third kappa shape index (κ3) is 5.53. The second kappa shape index (κ2) is 10.9. The van der Waals surface area contributed by atoms with E-state index in [1.807, 2.05) is 41.6 Å². The molecular formula is C24H27ClN6O2S. The van der Waals surface area contributed by atoms with Crippen LogP contribution in [-0.2, 0) is 11.8 Å². The quantitative estimate of drug-likeness (QED) is 0.503. The summed E-state index contributed by atoms with van der Waals surface area (Å²) in [5, 5.41) is 12.4. The lowest BCUT2D eigenvalue weighted by molar-refractivity contribution is -0.128. The third-order valence-corrected chi connectivity index (χ3v) is 7.14. The lowest BCUT2D eigenvalue weighted by Gasteiger charge is -2.36. The minimum atomic E-state index is -0.377. The number of anilines is 1. The summed E-state index contributed by atoms with van der Waals surface area (Å²) < 4.78 is 1.81. The summed E-state index contributed by atoms with van der Waals surface area (Å²) in [7, 11) is 1.83. The van der Waals surface area contributed by atoms with Crippen LogP contribution in [0.1, 0.15) is 29.1 Å². The summed E-state index contributed by atoms with van der Waals surface area (Å²) in [6, 6.07) is 16.8. The Hall–Kier alpha value is -3.04. The summed E-state index contributed by atoms with van der Waals surface area (Å²) >= 11 is 7.47. The standard InChI is InChI=1S/C24H27ClN6O2S/c1-17(26-23(33)19-10-6-7-11-20(19)25)22-27-28-24(29(22)2)34-16-21(32)31-14-12-30(13-15-31)18-8-4-3-5-9-18/h3-11,17H,12-16H2,1-2H3,(H,26,33)/t17-/m0/s1. The van der Waals surface area contributed by atoms with Crippen LogP contribution < -0.4 is 10.2 Å². The molecule has 0 unspecified atom stereocenters. The minimum absolute atomic E-state index is 0.0855. The number of halogens is 1. The SMILES string of the molecule is C[C@H](NC(=O)c1ccccc1Cl)c1nnc(SCC(=O)N2CCN(c3ccccc3)CC2)n1C. The van der Waals surface area contributed by atoms with Gasteiger partial charge < -0.3 is 19.7 Å². The summed E-state index contributed by atoms with van der Waals surface area (Å²) in [6.45, 7) is 4.87. The van der Waals surface area contributed by atoms with Crippen LogP contribution in [0.25, 0.3) is 0 Å². The Kier molecular flexibility index (Phi) is 7.74. The van der Waals surface area contributed by atoms with Crippen LogP contribution in [0.15, 0.2) is 59.8 Å². The first-order chi connectivity index (χ1) is 16.4. The Bertz CT molecular complexity index is 1150. The molecule has 0 saturated carbocycles. The molecule has 4 rings (SSSR count). The zero-order valence-corrected chi connectivity index (χ0v) is 20.7. The van der Waals surface area contributed by atoms with Crippen LogP contribution in [-0.4, -0.2) is 63.4 Å². The number of carbonyl (C=O) groups excluding carboxylic acids is 2. The molecule has 8 nitrogen and oxygen atoms in total. The zero-order chi connectivity index (χ0) is 24.1. The van der Waals surface area contributed by atoms with E-state index in [1.165, 1.54) is 17.4 Å². The second-order valence-electron chi connectivity index (χ2n) is 8.07. The van der Waals surface area contributed by atoms with Gasteiger partial charge in [0.25, 0.3) is 5.91 Å². The summed E-state index contributed by atoms with van der Waals surface area (Å²) in [6.07, 6.45) is 0. The number of aromatic nitrogens is 3. The molecule has 3 aromatic rings. The predicted molar refractivity (Wildman–Crippen MR) is 134 cm³/mol. The number of thioether (sulfide) groups is 1. The van der Waals surface area contributed by atoms with Gasteiger partial charge in [-0.3, -0.25) is 9.59 Å². The maximum Gasteiger partial charge on any atom is 0.253 e. The highest BCUT2D eigenvalue weighted by Crippen LogP contribution is 2.22. The smallest absolute Gasteiger partial charge is 0.253 e. The van der Waals surface area contributed by atoms with Crippen molar-refractivity contribution in [2.45, 2.75) is 18.1 Å². The number of carbonyl (C=O) groups is 2. The molecule has 0 aliphatic carbocycles. The number of nitrogens with zero attached hydrogens (tertiary/aromatic N) is 5. The molecule has 1 aliphatic rings. The van der Waals surface area contributed by atoms with Crippen molar-refractivity contribution in [1.82, 2.24) is 25.0 Å². The van der Waals surface area contributed by atoms with E-state index in [2.05, 4.69) is 32.5 Å². The van der Waals surface area contributed by atoms with Crippen molar-refractivity contribution < 1.29 is 9.59 Å². The molecule has 1 aliphatic heterocycles. The average molecular weight is 499 g/mol. The predicted octanol–water partition coefficient (Wildman–Crippen LogP) is 3.40. The molecule has 2 heterocycles. The average Bonchev–Trinajstić information content (AvgIpc) is 3.23. The molecular weight excluding hydrogens is 472 g/mol. The topological polar surface area (TPSA) is 83.4 Å². The first kappa shape index (κ1) is 24.1.